The third-order valence-electron chi connectivity index (χ3n) is 4.76. The first-order chi connectivity index (χ1) is 13.3. The van der Waals surface area contributed by atoms with Gasteiger partial charge in [0.1, 0.15) is 11.6 Å². The number of rotatable bonds is 6. The van der Waals surface area contributed by atoms with Crippen LogP contribution in [0.1, 0.15) is 32.3 Å². The van der Waals surface area contributed by atoms with E-state index in [9.17, 15) is 13.6 Å². The molecule has 1 heterocycles. The maximum absolute atomic E-state index is 13.9. The van der Waals surface area contributed by atoms with Gasteiger partial charge in [0.2, 0.25) is 5.91 Å². The molecule has 0 spiro atoms. The van der Waals surface area contributed by atoms with E-state index in [-0.39, 0.29) is 41.8 Å². The summed E-state index contributed by atoms with van der Waals surface area (Å²) >= 11 is 0. The minimum absolute atomic E-state index is 0. The second-order valence-corrected chi connectivity index (χ2v) is 7.48. The SMILES string of the molecule is CN=C(NCC(C)c1ccc(F)cc1F)N1CCN(CC(=O)NC(C)C)CC1.I. The summed E-state index contributed by atoms with van der Waals surface area (Å²) in [5.74, 6) is -0.435. The topological polar surface area (TPSA) is 60.0 Å². The molecule has 1 aliphatic rings. The van der Waals surface area contributed by atoms with Crippen LogP contribution in [0, 0.1) is 11.6 Å². The number of carbonyl (C=O) groups excluding carboxylic acids is 1. The van der Waals surface area contributed by atoms with E-state index in [4.69, 9.17) is 0 Å². The van der Waals surface area contributed by atoms with E-state index in [2.05, 4.69) is 25.4 Å². The van der Waals surface area contributed by atoms with Crippen molar-refractivity contribution >= 4 is 35.8 Å². The molecule has 0 bridgehead atoms. The van der Waals surface area contributed by atoms with Crippen molar-refractivity contribution in [3.05, 3.63) is 35.4 Å². The van der Waals surface area contributed by atoms with Gasteiger partial charge in [0.05, 0.1) is 6.54 Å². The first-order valence-electron chi connectivity index (χ1n) is 9.72. The molecule has 1 aromatic carbocycles. The van der Waals surface area contributed by atoms with Crippen LogP contribution >= 0.6 is 24.0 Å². The van der Waals surface area contributed by atoms with Gasteiger partial charge in [-0.15, -0.1) is 24.0 Å². The molecule has 1 atom stereocenters. The molecule has 1 amide bonds. The zero-order valence-corrected chi connectivity index (χ0v) is 19.9. The Labute approximate surface area is 189 Å². The number of amides is 1. The second kappa shape index (κ2) is 12.3. The number of piperazine rings is 1. The fourth-order valence-electron chi connectivity index (χ4n) is 3.28. The lowest BCUT2D eigenvalue weighted by Crippen LogP contribution is -2.54. The average Bonchev–Trinajstić information content (AvgIpc) is 2.62. The van der Waals surface area contributed by atoms with E-state index >= 15 is 0 Å². The third kappa shape index (κ3) is 8.04. The van der Waals surface area contributed by atoms with E-state index in [0.29, 0.717) is 18.7 Å². The predicted molar refractivity (Wildman–Crippen MR) is 123 cm³/mol. The molecular formula is C20H32F2IN5O. The molecule has 164 valence electrons. The number of nitrogens with zero attached hydrogens (tertiary/aromatic N) is 3. The van der Waals surface area contributed by atoms with Gasteiger partial charge in [0, 0.05) is 57.8 Å². The van der Waals surface area contributed by atoms with E-state index in [1.54, 1.807) is 7.05 Å². The molecule has 0 saturated carbocycles. The zero-order valence-electron chi connectivity index (χ0n) is 17.5. The molecule has 2 rings (SSSR count). The van der Waals surface area contributed by atoms with Gasteiger partial charge in [-0.3, -0.25) is 14.7 Å². The molecule has 1 unspecified atom stereocenters. The molecule has 1 aliphatic heterocycles. The maximum atomic E-state index is 13.9. The molecule has 1 aromatic rings. The van der Waals surface area contributed by atoms with Crippen LogP contribution in [0.25, 0.3) is 0 Å². The molecule has 0 aliphatic carbocycles. The van der Waals surface area contributed by atoms with Crippen LogP contribution in [0.2, 0.25) is 0 Å². The van der Waals surface area contributed by atoms with Crippen LogP contribution in [0.3, 0.4) is 0 Å². The molecule has 1 saturated heterocycles. The van der Waals surface area contributed by atoms with Gasteiger partial charge in [-0.2, -0.15) is 0 Å². The number of carbonyl (C=O) groups is 1. The van der Waals surface area contributed by atoms with Crippen LogP contribution in [-0.2, 0) is 4.79 Å². The van der Waals surface area contributed by atoms with Crippen LogP contribution in [0.15, 0.2) is 23.2 Å². The standard InChI is InChI=1S/C20H31F2N5O.HI/c1-14(2)25-19(28)13-26-7-9-27(10-8-26)20(23-4)24-12-15(3)17-6-5-16(21)11-18(17)22;/h5-6,11,14-15H,7-10,12-13H2,1-4H3,(H,23,24)(H,25,28);1H. The Hall–Kier alpha value is -1.49. The van der Waals surface area contributed by atoms with E-state index < -0.39 is 11.6 Å². The van der Waals surface area contributed by atoms with Gasteiger partial charge in [0.25, 0.3) is 0 Å². The maximum Gasteiger partial charge on any atom is 0.234 e. The van der Waals surface area contributed by atoms with Crippen LogP contribution in [0.4, 0.5) is 8.78 Å². The van der Waals surface area contributed by atoms with Gasteiger partial charge in [-0.1, -0.05) is 13.0 Å². The number of benzene rings is 1. The van der Waals surface area contributed by atoms with Gasteiger partial charge in [-0.05, 0) is 25.5 Å². The normalized spacial score (nSPS) is 16.4. The average molecular weight is 523 g/mol. The highest BCUT2D eigenvalue weighted by Crippen LogP contribution is 2.19. The lowest BCUT2D eigenvalue weighted by Gasteiger charge is -2.36. The lowest BCUT2D eigenvalue weighted by atomic mass is 10.0. The fourth-order valence-corrected chi connectivity index (χ4v) is 3.28. The molecule has 29 heavy (non-hydrogen) atoms. The monoisotopic (exact) mass is 523 g/mol. The van der Waals surface area contributed by atoms with Crippen molar-refractivity contribution in [3.8, 4) is 0 Å². The lowest BCUT2D eigenvalue weighted by molar-refractivity contribution is -0.123. The molecule has 1 fully saturated rings. The Morgan fingerprint density at radius 3 is 2.38 bits per heavy atom. The largest absolute Gasteiger partial charge is 0.356 e. The first kappa shape index (κ1) is 25.5. The van der Waals surface area contributed by atoms with Crippen molar-refractivity contribution in [2.75, 3.05) is 46.3 Å². The highest BCUT2D eigenvalue weighted by Gasteiger charge is 2.22. The minimum Gasteiger partial charge on any atom is -0.356 e. The predicted octanol–water partition coefficient (Wildman–Crippen LogP) is 2.40. The minimum atomic E-state index is -0.572. The molecule has 0 radical (unpaired) electrons. The molecule has 6 nitrogen and oxygen atoms in total. The Bertz CT molecular complexity index is 693. The summed E-state index contributed by atoms with van der Waals surface area (Å²) in [6.45, 7) is 9.74. The summed E-state index contributed by atoms with van der Waals surface area (Å²) in [4.78, 5) is 20.5. The first-order valence-corrected chi connectivity index (χ1v) is 9.72. The summed E-state index contributed by atoms with van der Waals surface area (Å²) in [6.07, 6.45) is 0. The third-order valence-corrected chi connectivity index (χ3v) is 4.76. The van der Waals surface area contributed by atoms with E-state index in [1.165, 1.54) is 12.1 Å². The van der Waals surface area contributed by atoms with Crippen LogP contribution in [-0.4, -0.2) is 74.0 Å². The highest BCUT2D eigenvalue weighted by molar-refractivity contribution is 14.0. The molecule has 2 N–H and O–H groups in total. The van der Waals surface area contributed by atoms with Gasteiger partial charge in [0.15, 0.2) is 5.96 Å². The second-order valence-electron chi connectivity index (χ2n) is 7.48. The quantitative estimate of drug-likeness (QED) is 0.342. The van der Waals surface area contributed by atoms with Gasteiger partial charge >= 0.3 is 0 Å². The van der Waals surface area contributed by atoms with Crippen molar-refractivity contribution in [2.45, 2.75) is 32.7 Å². The fraction of sp³-hybridized carbons (Fsp3) is 0.600. The molecule has 0 aromatic heterocycles. The van der Waals surface area contributed by atoms with Crippen molar-refractivity contribution in [1.29, 1.82) is 0 Å². The number of halogens is 3. The molecule has 9 heteroatoms. The Kier molecular flexibility index (Phi) is 10.8. The van der Waals surface area contributed by atoms with Crippen molar-refractivity contribution in [3.63, 3.8) is 0 Å². The van der Waals surface area contributed by atoms with E-state index in [1.807, 2.05) is 20.8 Å². The highest BCUT2D eigenvalue weighted by atomic mass is 127. The summed E-state index contributed by atoms with van der Waals surface area (Å²) in [6, 6.07) is 3.82. The van der Waals surface area contributed by atoms with Crippen molar-refractivity contribution < 1.29 is 13.6 Å². The summed E-state index contributed by atoms with van der Waals surface area (Å²) in [5.41, 5.74) is 0.477. The van der Waals surface area contributed by atoms with Crippen molar-refractivity contribution in [1.82, 2.24) is 20.4 Å². The Balaban J connectivity index is 0.00000420. The van der Waals surface area contributed by atoms with Crippen molar-refractivity contribution in [2.24, 2.45) is 4.99 Å². The van der Waals surface area contributed by atoms with Crippen LogP contribution < -0.4 is 10.6 Å². The Morgan fingerprint density at radius 2 is 1.83 bits per heavy atom. The van der Waals surface area contributed by atoms with E-state index in [0.717, 1.165) is 38.2 Å². The summed E-state index contributed by atoms with van der Waals surface area (Å²) < 4.78 is 27.0. The number of hydrogen-bond acceptors (Lipinski definition) is 3. The number of hydrogen-bond donors (Lipinski definition) is 2. The van der Waals surface area contributed by atoms with Gasteiger partial charge in [-0.25, -0.2) is 8.78 Å². The zero-order chi connectivity index (χ0) is 20.7. The summed E-state index contributed by atoms with van der Waals surface area (Å²) in [7, 11) is 1.72. The van der Waals surface area contributed by atoms with Crippen LogP contribution in [0.5, 0.6) is 0 Å². The van der Waals surface area contributed by atoms with Gasteiger partial charge < -0.3 is 15.5 Å². The summed E-state index contributed by atoms with van der Waals surface area (Å²) in [5, 5.41) is 6.19. The number of nitrogens with one attached hydrogen (secondary N) is 2. The Morgan fingerprint density at radius 1 is 1.17 bits per heavy atom. The smallest absolute Gasteiger partial charge is 0.234 e. The number of aliphatic imine (C=N–C) groups is 1. The number of guanidine groups is 1. The molecular weight excluding hydrogens is 491 g/mol.